The maximum Gasteiger partial charge on any atom is 0.255 e. The number of nitrogens with zero attached hydrogens (tertiary/aromatic N) is 1. The maximum atomic E-state index is 12.5. The Labute approximate surface area is 118 Å². The summed E-state index contributed by atoms with van der Waals surface area (Å²) in [6.45, 7) is 0. The first-order valence-corrected chi connectivity index (χ1v) is 7.59. The molecule has 0 aromatic carbocycles. The van der Waals surface area contributed by atoms with Crippen molar-refractivity contribution in [2.75, 3.05) is 0 Å². The van der Waals surface area contributed by atoms with Crippen LogP contribution in [0.3, 0.4) is 0 Å². The van der Waals surface area contributed by atoms with E-state index in [0.29, 0.717) is 5.56 Å². The van der Waals surface area contributed by atoms with Crippen LogP contribution in [0, 0.1) is 17.8 Å². The topological polar surface area (TPSA) is 62.2 Å². The third-order valence-electron chi connectivity index (χ3n) is 5.46. The van der Waals surface area contributed by atoms with E-state index in [1.54, 1.807) is 12.3 Å². The van der Waals surface area contributed by atoms with E-state index in [-0.39, 0.29) is 17.2 Å². The molecule has 4 aliphatic carbocycles. The summed E-state index contributed by atoms with van der Waals surface area (Å²) >= 11 is 0. The van der Waals surface area contributed by atoms with Crippen molar-refractivity contribution in [3.05, 3.63) is 24.0 Å². The van der Waals surface area contributed by atoms with Gasteiger partial charge in [-0.15, -0.1) is 0 Å². The van der Waals surface area contributed by atoms with Crippen molar-refractivity contribution in [1.82, 2.24) is 10.3 Å². The Morgan fingerprint density at radius 1 is 1.20 bits per heavy atom. The highest BCUT2D eigenvalue weighted by Crippen LogP contribution is 2.55. The molecule has 0 radical (unpaired) electrons. The van der Waals surface area contributed by atoms with Crippen molar-refractivity contribution in [2.24, 2.45) is 17.8 Å². The van der Waals surface area contributed by atoms with E-state index in [1.165, 1.54) is 25.5 Å². The van der Waals surface area contributed by atoms with E-state index in [2.05, 4.69) is 10.3 Å². The van der Waals surface area contributed by atoms with E-state index >= 15 is 0 Å². The highest BCUT2D eigenvalue weighted by molar-refractivity contribution is 5.97. The predicted octanol–water partition coefficient (Wildman–Crippen LogP) is 2.49. The minimum absolute atomic E-state index is 0.0124. The molecule has 20 heavy (non-hydrogen) atoms. The number of aromatic nitrogens is 1. The molecule has 1 aromatic heterocycles. The molecule has 0 spiro atoms. The van der Waals surface area contributed by atoms with Crippen LogP contribution in [0.25, 0.3) is 0 Å². The predicted molar refractivity (Wildman–Crippen MR) is 74.3 cm³/mol. The van der Waals surface area contributed by atoms with Crippen molar-refractivity contribution in [2.45, 2.75) is 44.1 Å². The van der Waals surface area contributed by atoms with Crippen molar-refractivity contribution in [1.29, 1.82) is 0 Å². The first kappa shape index (κ1) is 12.2. The summed E-state index contributed by atoms with van der Waals surface area (Å²) in [7, 11) is 0. The summed E-state index contributed by atoms with van der Waals surface area (Å²) in [5, 5.41) is 13.0. The monoisotopic (exact) mass is 272 g/mol. The molecular weight excluding hydrogens is 252 g/mol. The third-order valence-corrected chi connectivity index (χ3v) is 5.46. The Kier molecular flexibility index (Phi) is 2.56. The Bertz CT molecular complexity index is 520. The molecule has 4 fully saturated rings. The molecule has 4 saturated carbocycles. The zero-order valence-electron chi connectivity index (χ0n) is 11.5. The average molecular weight is 272 g/mol. The van der Waals surface area contributed by atoms with Crippen LogP contribution in [0.4, 0.5) is 0 Å². The van der Waals surface area contributed by atoms with Gasteiger partial charge in [-0.3, -0.25) is 9.78 Å². The molecule has 4 bridgehead atoms. The largest absolute Gasteiger partial charge is 0.505 e. The quantitative estimate of drug-likeness (QED) is 0.869. The average Bonchev–Trinajstić information content (AvgIpc) is 2.36. The molecule has 4 nitrogen and oxygen atoms in total. The van der Waals surface area contributed by atoms with Crippen LogP contribution in [0.2, 0.25) is 0 Å². The van der Waals surface area contributed by atoms with Crippen molar-refractivity contribution >= 4 is 5.91 Å². The van der Waals surface area contributed by atoms with E-state index < -0.39 is 0 Å². The van der Waals surface area contributed by atoms with Crippen LogP contribution in [0.1, 0.15) is 48.9 Å². The summed E-state index contributed by atoms with van der Waals surface area (Å²) in [4.78, 5) is 16.3. The zero-order valence-corrected chi connectivity index (χ0v) is 11.5. The molecule has 5 rings (SSSR count). The Balaban J connectivity index is 1.57. The van der Waals surface area contributed by atoms with Gasteiger partial charge in [0.15, 0.2) is 0 Å². The number of hydrogen-bond acceptors (Lipinski definition) is 3. The lowest BCUT2D eigenvalue weighted by atomic mass is 9.53. The van der Waals surface area contributed by atoms with E-state index in [9.17, 15) is 9.90 Å². The third kappa shape index (κ3) is 1.89. The Morgan fingerprint density at radius 3 is 2.35 bits per heavy atom. The molecule has 0 saturated heterocycles. The molecular formula is C16H20N2O2. The van der Waals surface area contributed by atoms with Crippen LogP contribution in [-0.4, -0.2) is 21.5 Å². The van der Waals surface area contributed by atoms with Gasteiger partial charge in [-0.2, -0.15) is 0 Å². The number of amides is 1. The highest BCUT2D eigenvalue weighted by atomic mass is 16.3. The molecule has 106 valence electrons. The molecule has 1 amide bonds. The van der Waals surface area contributed by atoms with Crippen LogP contribution in [0.5, 0.6) is 5.75 Å². The van der Waals surface area contributed by atoms with Crippen LogP contribution in [0.15, 0.2) is 18.5 Å². The van der Waals surface area contributed by atoms with E-state index in [4.69, 9.17) is 0 Å². The smallest absolute Gasteiger partial charge is 0.255 e. The van der Waals surface area contributed by atoms with Gasteiger partial charge in [-0.05, 0) is 62.3 Å². The van der Waals surface area contributed by atoms with Gasteiger partial charge in [0, 0.05) is 11.7 Å². The SMILES string of the molecule is O=C(NC12CC3CC(CC(C3)C1)C2)c1ccncc1O. The van der Waals surface area contributed by atoms with Gasteiger partial charge in [-0.1, -0.05) is 0 Å². The molecule has 1 heterocycles. The van der Waals surface area contributed by atoms with Gasteiger partial charge in [0.25, 0.3) is 5.91 Å². The molecule has 1 aromatic rings. The van der Waals surface area contributed by atoms with E-state index in [1.807, 2.05) is 0 Å². The number of aromatic hydroxyl groups is 1. The summed E-state index contributed by atoms with van der Waals surface area (Å²) in [5.74, 6) is 2.22. The van der Waals surface area contributed by atoms with Crippen LogP contribution < -0.4 is 5.32 Å². The second-order valence-corrected chi connectivity index (χ2v) is 7.04. The number of pyridine rings is 1. The minimum Gasteiger partial charge on any atom is -0.505 e. The summed E-state index contributed by atoms with van der Waals surface area (Å²) < 4.78 is 0. The zero-order chi connectivity index (χ0) is 13.7. The lowest BCUT2D eigenvalue weighted by Gasteiger charge is -2.56. The van der Waals surface area contributed by atoms with Gasteiger partial charge in [0.05, 0.1) is 11.8 Å². The van der Waals surface area contributed by atoms with Crippen molar-refractivity contribution in [3.8, 4) is 5.75 Å². The second kappa shape index (κ2) is 4.21. The lowest BCUT2D eigenvalue weighted by Crippen LogP contribution is -2.59. The van der Waals surface area contributed by atoms with Crippen LogP contribution >= 0.6 is 0 Å². The molecule has 0 aliphatic heterocycles. The van der Waals surface area contributed by atoms with E-state index in [0.717, 1.165) is 37.0 Å². The van der Waals surface area contributed by atoms with Crippen molar-refractivity contribution in [3.63, 3.8) is 0 Å². The molecule has 4 heteroatoms. The minimum atomic E-state index is -0.146. The van der Waals surface area contributed by atoms with Gasteiger partial charge < -0.3 is 10.4 Å². The second-order valence-electron chi connectivity index (χ2n) is 7.04. The summed E-state index contributed by atoms with van der Waals surface area (Å²) in [6.07, 6.45) is 10.3. The summed E-state index contributed by atoms with van der Waals surface area (Å²) in [6, 6.07) is 1.59. The van der Waals surface area contributed by atoms with Gasteiger partial charge in [0.1, 0.15) is 5.75 Å². The van der Waals surface area contributed by atoms with Crippen LogP contribution in [-0.2, 0) is 0 Å². The normalized spacial score (nSPS) is 37.9. The fraction of sp³-hybridized carbons (Fsp3) is 0.625. The van der Waals surface area contributed by atoms with Gasteiger partial charge >= 0.3 is 0 Å². The Morgan fingerprint density at radius 2 is 1.80 bits per heavy atom. The fourth-order valence-electron chi connectivity index (χ4n) is 5.15. The number of rotatable bonds is 2. The number of carbonyl (C=O) groups is 1. The molecule has 2 N–H and O–H groups in total. The van der Waals surface area contributed by atoms with Crippen molar-refractivity contribution < 1.29 is 9.90 Å². The maximum absolute atomic E-state index is 12.5. The number of hydrogen-bond donors (Lipinski definition) is 2. The highest BCUT2D eigenvalue weighted by Gasteiger charge is 2.51. The lowest BCUT2D eigenvalue weighted by molar-refractivity contribution is -0.0167. The summed E-state index contributed by atoms with van der Waals surface area (Å²) in [5.41, 5.74) is 0.331. The first-order valence-electron chi connectivity index (χ1n) is 7.59. The van der Waals surface area contributed by atoms with Gasteiger partial charge in [0.2, 0.25) is 0 Å². The molecule has 4 aliphatic rings. The van der Waals surface area contributed by atoms with Gasteiger partial charge in [-0.25, -0.2) is 0 Å². The number of nitrogens with one attached hydrogen (secondary N) is 1. The Hall–Kier alpha value is -1.58. The first-order chi connectivity index (χ1) is 9.63. The fourth-order valence-corrected chi connectivity index (χ4v) is 5.15. The number of carbonyl (C=O) groups excluding carboxylic acids is 1. The molecule has 0 unspecified atom stereocenters. The standard InChI is InChI=1S/C16H20N2O2/c19-14-9-17-2-1-13(14)15(20)18-16-6-10-3-11(7-16)5-12(4-10)8-16/h1-2,9-12,19H,3-8H2,(H,18,20). The molecule has 0 atom stereocenters.